The minimum atomic E-state index is -1.54. The molecule has 172 valence electrons. The molecule has 1 aromatic heterocycles. The molecule has 10 heteroatoms. The number of aliphatic hydroxyl groups excluding tert-OH is 3. The first-order valence-electron chi connectivity index (χ1n) is 9.92. The largest absolute Gasteiger partial charge is 0.394 e. The number of fused-ring (bicyclic) bond motifs is 1. The molecule has 6 nitrogen and oxygen atoms in total. The van der Waals surface area contributed by atoms with E-state index in [0.29, 0.717) is 12.1 Å². The van der Waals surface area contributed by atoms with Crippen molar-refractivity contribution in [3.63, 3.8) is 0 Å². The Morgan fingerprint density at radius 3 is 2.27 bits per heavy atom. The number of hydrogen-bond acceptors (Lipinski definition) is 6. The molecule has 0 bridgehead atoms. The Kier molecular flexibility index (Phi) is 6.32. The molecule has 0 spiro atoms. The number of anilines is 3. The van der Waals surface area contributed by atoms with E-state index in [-0.39, 0.29) is 28.3 Å². The van der Waals surface area contributed by atoms with Crippen molar-refractivity contribution in [2.75, 3.05) is 23.4 Å². The predicted molar refractivity (Wildman–Crippen MR) is 115 cm³/mol. The zero-order chi connectivity index (χ0) is 23.7. The van der Waals surface area contributed by atoms with Crippen molar-refractivity contribution in [3.8, 4) is 11.3 Å². The zero-order valence-electron chi connectivity index (χ0n) is 17.0. The molecule has 4 N–H and O–H groups in total. The van der Waals surface area contributed by atoms with Crippen LogP contribution in [0.25, 0.3) is 17.3 Å². The van der Waals surface area contributed by atoms with Gasteiger partial charge in [-0.1, -0.05) is 18.2 Å². The van der Waals surface area contributed by atoms with Gasteiger partial charge < -0.3 is 25.5 Å². The Balaban J connectivity index is 1.98. The normalized spacial score (nSPS) is 15.2. The summed E-state index contributed by atoms with van der Waals surface area (Å²) in [5.74, 6) is -4.22. The smallest absolute Gasteiger partial charge is 0.152 e. The average molecular weight is 461 g/mol. The van der Waals surface area contributed by atoms with Crippen LogP contribution >= 0.6 is 0 Å². The van der Waals surface area contributed by atoms with Crippen molar-refractivity contribution in [1.29, 1.82) is 0 Å². The summed E-state index contributed by atoms with van der Waals surface area (Å²) in [6, 6.07) is 7.19. The molecule has 3 aromatic rings. The number of benzene rings is 2. The predicted octanol–water partition coefficient (Wildman–Crippen LogP) is 3.55. The van der Waals surface area contributed by atoms with Gasteiger partial charge in [-0.25, -0.2) is 22.5 Å². The van der Waals surface area contributed by atoms with Crippen molar-refractivity contribution >= 4 is 23.3 Å². The summed E-state index contributed by atoms with van der Waals surface area (Å²) in [4.78, 5) is 5.28. The van der Waals surface area contributed by atoms with Crippen molar-refractivity contribution in [1.82, 2.24) is 4.98 Å². The summed E-state index contributed by atoms with van der Waals surface area (Å²) < 4.78 is 57.5. The molecule has 1 atom stereocenters. The second-order valence-electron chi connectivity index (χ2n) is 7.34. The summed E-state index contributed by atoms with van der Waals surface area (Å²) in [5.41, 5.74) is -0.280. The van der Waals surface area contributed by atoms with Crippen LogP contribution in [0.3, 0.4) is 0 Å². The lowest BCUT2D eigenvalue weighted by Crippen LogP contribution is -2.34. The van der Waals surface area contributed by atoms with Crippen molar-refractivity contribution in [3.05, 3.63) is 77.4 Å². The van der Waals surface area contributed by atoms with Crippen LogP contribution in [0.5, 0.6) is 0 Å². The van der Waals surface area contributed by atoms with E-state index in [1.165, 1.54) is 36.4 Å². The molecule has 0 radical (unpaired) electrons. The van der Waals surface area contributed by atoms with E-state index in [9.17, 15) is 32.9 Å². The first-order valence-corrected chi connectivity index (χ1v) is 9.92. The highest BCUT2D eigenvalue weighted by Gasteiger charge is 2.31. The summed E-state index contributed by atoms with van der Waals surface area (Å²) in [5, 5.41) is 32.2. The zero-order valence-corrected chi connectivity index (χ0v) is 17.0. The number of hydrogen-bond donors (Lipinski definition) is 4. The van der Waals surface area contributed by atoms with Crippen molar-refractivity contribution < 1.29 is 32.9 Å². The lowest BCUT2D eigenvalue weighted by atomic mass is 9.99. The molecule has 0 saturated carbocycles. The molecule has 2 heterocycles. The van der Waals surface area contributed by atoms with Crippen LogP contribution in [0.4, 0.5) is 34.8 Å². The van der Waals surface area contributed by atoms with Gasteiger partial charge >= 0.3 is 0 Å². The Labute approximate surface area is 186 Å². The van der Waals surface area contributed by atoms with Gasteiger partial charge in [-0.05, 0) is 18.2 Å². The first kappa shape index (κ1) is 22.7. The van der Waals surface area contributed by atoms with E-state index in [1.54, 1.807) is 6.07 Å². The van der Waals surface area contributed by atoms with Crippen LogP contribution in [0, 0.1) is 23.3 Å². The number of aliphatic hydroxyl groups is 3. The van der Waals surface area contributed by atoms with E-state index >= 15 is 0 Å². The van der Waals surface area contributed by atoms with E-state index < -0.39 is 54.4 Å². The fourth-order valence-corrected chi connectivity index (χ4v) is 3.62. The molecule has 0 amide bonds. The highest BCUT2D eigenvalue weighted by atomic mass is 19.1. The second-order valence-corrected chi connectivity index (χ2v) is 7.34. The molecule has 0 saturated heterocycles. The standard InChI is InChI=1S/C23H19F4N3O3/c24-12-7-17(26)23(18(27)8-12)30-19-9-20(28-13(10-31)11-32)29-22(15(19)5-6-21(30)33)14-3-1-2-4-16(14)25/h1-9,13,21,31-33H,10-11H2,(H,28,29). The third-order valence-electron chi connectivity index (χ3n) is 5.14. The quantitative estimate of drug-likeness (QED) is 0.420. The Morgan fingerprint density at radius 2 is 1.64 bits per heavy atom. The van der Waals surface area contributed by atoms with Gasteiger partial charge in [0.15, 0.2) is 17.9 Å². The molecule has 33 heavy (non-hydrogen) atoms. The number of nitrogens with one attached hydrogen (secondary N) is 1. The van der Waals surface area contributed by atoms with Crippen LogP contribution in [0.15, 0.2) is 48.5 Å². The van der Waals surface area contributed by atoms with Crippen LogP contribution < -0.4 is 10.2 Å². The summed E-state index contributed by atoms with van der Waals surface area (Å²) in [7, 11) is 0. The van der Waals surface area contributed by atoms with E-state index in [4.69, 9.17) is 0 Å². The minimum Gasteiger partial charge on any atom is -0.394 e. The Morgan fingerprint density at radius 1 is 0.970 bits per heavy atom. The van der Waals surface area contributed by atoms with Crippen LogP contribution in [0.1, 0.15) is 5.56 Å². The molecular weight excluding hydrogens is 442 g/mol. The maximum atomic E-state index is 14.7. The third kappa shape index (κ3) is 4.28. The SMILES string of the molecule is OCC(CO)Nc1cc2c(c(-c3ccccc3F)n1)C=CC(O)N2c1c(F)cc(F)cc1F. The maximum Gasteiger partial charge on any atom is 0.152 e. The van der Waals surface area contributed by atoms with E-state index in [0.717, 1.165) is 4.90 Å². The number of nitrogens with zero attached hydrogens (tertiary/aromatic N) is 2. The van der Waals surface area contributed by atoms with Crippen LogP contribution in [-0.2, 0) is 0 Å². The minimum absolute atomic E-state index is 0.0375. The van der Waals surface area contributed by atoms with Crippen molar-refractivity contribution in [2.24, 2.45) is 0 Å². The number of halogens is 4. The third-order valence-corrected chi connectivity index (χ3v) is 5.14. The van der Waals surface area contributed by atoms with Crippen LogP contribution in [-0.4, -0.2) is 45.8 Å². The van der Waals surface area contributed by atoms with Crippen molar-refractivity contribution in [2.45, 2.75) is 12.3 Å². The fourth-order valence-electron chi connectivity index (χ4n) is 3.62. The lowest BCUT2D eigenvalue weighted by molar-refractivity contribution is 0.203. The fraction of sp³-hybridized carbons (Fsp3) is 0.174. The lowest BCUT2D eigenvalue weighted by Gasteiger charge is -2.34. The van der Waals surface area contributed by atoms with E-state index in [2.05, 4.69) is 10.3 Å². The van der Waals surface area contributed by atoms with Gasteiger partial charge in [-0.2, -0.15) is 0 Å². The van der Waals surface area contributed by atoms with Gasteiger partial charge in [0.2, 0.25) is 0 Å². The molecule has 1 unspecified atom stereocenters. The number of aromatic nitrogens is 1. The molecular formula is C23H19F4N3O3. The van der Waals surface area contributed by atoms with Gasteiger partial charge in [0.1, 0.15) is 23.1 Å². The molecule has 1 aliphatic heterocycles. The maximum absolute atomic E-state index is 14.7. The van der Waals surface area contributed by atoms with E-state index in [1.807, 2.05) is 0 Å². The Bertz CT molecular complexity index is 1190. The average Bonchev–Trinajstić information content (AvgIpc) is 2.78. The first-order chi connectivity index (χ1) is 15.8. The molecule has 0 aliphatic carbocycles. The molecule has 0 fully saturated rings. The van der Waals surface area contributed by atoms with Gasteiger partial charge in [0.05, 0.1) is 30.6 Å². The highest BCUT2D eigenvalue weighted by Crippen LogP contribution is 2.43. The summed E-state index contributed by atoms with van der Waals surface area (Å²) >= 11 is 0. The Hall–Kier alpha value is -3.47. The number of pyridine rings is 1. The number of rotatable bonds is 6. The molecule has 2 aromatic carbocycles. The van der Waals surface area contributed by atoms with Gasteiger partial charge in [0, 0.05) is 29.3 Å². The van der Waals surface area contributed by atoms with Gasteiger partial charge in [-0.15, -0.1) is 0 Å². The molecule has 4 rings (SSSR count). The monoisotopic (exact) mass is 461 g/mol. The van der Waals surface area contributed by atoms with Crippen LogP contribution in [0.2, 0.25) is 0 Å². The van der Waals surface area contributed by atoms with Gasteiger partial charge in [-0.3, -0.25) is 0 Å². The highest BCUT2D eigenvalue weighted by molar-refractivity contribution is 5.88. The second kappa shape index (κ2) is 9.18. The van der Waals surface area contributed by atoms with Gasteiger partial charge in [0.25, 0.3) is 0 Å². The summed E-state index contributed by atoms with van der Waals surface area (Å²) in [6.45, 7) is -0.921. The molecule has 1 aliphatic rings. The summed E-state index contributed by atoms with van der Waals surface area (Å²) in [6.07, 6.45) is 1.12. The topological polar surface area (TPSA) is 88.8 Å².